The van der Waals surface area contributed by atoms with Crippen LogP contribution in [0.25, 0.3) is 11.2 Å². The van der Waals surface area contributed by atoms with Gasteiger partial charge in [0.05, 0.1) is 6.54 Å². The number of imidazole rings is 1. The Bertz CT molecular complexity index is 1100. The van der Waals surface area contributed by atoms with Crippen LogP contribution >= 0.6 is 0 Å². The molecule has 2 aromatic heterocycles. The summed E-state index contributed by atoms with van der Waals surface area (Å²) in [7, 11) is 2.93. The van der Waals surface area contributed by atoms with Crippen molar-refractivity contribution in [3.05, 3.63) is 56.5 Å². The first-order valence-corrected chi connectivity index (χ1v) is 8.62. The number of halogens is 1. The molecule has 0 aliphatic heterocycles. The van der Waals surface area contributed by atoms with Crippen molar-refractivity contribution in [2.24, 2.45) is 14.1 Å². The Kier molecular flexibility index (Phi) is 5.13. The van der Waals surface area contributed by atoms with E-state index < -0.39 is 17.1 Å². The smallest absolute Gasteiger partial charge is 0.332 e. The summed E-state index contributed by atoms with van der Waals surface area (Å²) in [5.74, 6) is -0.0529. The fourth-order valence-electron chi connectivity index (χ4n) is 2.99. The van der Waals surface area contributed by atoms with Gasteiger partial charge in [-0.3, -0.25) is 18.5 Å². The fraction of sp³-hybridized carbons (Fsp3) is 0.389. The van der Waals surface area contributed by atoms with Crippen molar-refractivity contribution < 1.29 is 9.50 Å². The Labute approximate surface area is 154 Å². The fourth-order valence-corrected chi connectivity index (χ4v) is 2.99. The molecule has 0 fully saturated rings. The maximum Gasteiger partial charge on any atom is 0.332 e. The lowest BCUT2D eigenvalue weighted by Gasteiger charge is -2.15. The van der Waals surface area contributed by atoms with E-state index in [9.17, 15) is 14.0 Å². The van der Waals surface area contributed by atoms with E-state index in [1.807, 2.05) is 6.92 Å². The molecule has 0 saturated heterocycles. The van der Waals surface area contributed by atoms with E-state index in [4.69, 9.17) is 5.11 Å². The summed E-state index contributed by atoms with van der Waals surface area (Å²) in [4.78, 5) is 29.4. The number of aryl methyl sites for hydroxylation is 1. The van der Waals surface area contributed by atoms with Gasteiger partial charge in [0.2, 0.25) is 5.95 Å². The number of hydrogen-bond donors (Lipinski definition) is 2. The molecule has 144 valence electrons. The summed E-state index contributed by atoms with van der Waals surface area (Å²) in [6, 6.07) is 6.16. The molecule has 0 saturated carbocycles. The van der Waals surface area contributed by atoms with Gasteiger partial charge in [0.15, 0.2) is 11.2 Å². The van der Waals surface area contributed by atoms with E-state index in [1.165, 1.54) is 24.7 Å². The highest BCUT2D eigenvalue weighted by Crippen LogP contribution is 2.20. The predicted octanol–water partition coefficient (Wildman–Crippen LogP) is 0.804. The van der Waals surface area contributed by atoms with Crippen LogP contribution in [0.15, 0.2) is 33.9 Å². The first-order valence-electron chi connectivity index (χ1n) is 8.62. The van der Waals surface area contributed by atoms with E-state index in [1.54, 1.807) is 22.8 Å². The molecule has 1 atom stereocenters. The lowest BCUT2D eigenvalue weighted by Crippen LogP contribution is -2.37. The molecular formula is C18H22FN5O3. The maximum atomic E-state index is 14.2. The normalized spacial score (nSPS) is 12.5. The third kappa shape index (κ3) is 3.37. The molecule has 8 nitrogen and oxygen atoms in total. The molecule has 1 unspecified atom stereocenters. The lowest BCUT2D eigenvalue weighted by molar-refractivity contribution is 0.282. The van der Waals surface area contributed by atoms with Gasteiger partial charge in [-0.15, -0.1) is 0 Å². The quantitative estimate of drug-likeness (QED) is 0.665. The number of hydrogen-bond acceptors (Lipinski definition) is 5. The van der Waals surface area contributed by atoms with Gasteiger partial charge in [-0.1, -0.05) is 18.2 Å². The van der Waals surface area contributed by atoms with E-state index in [0.29, 0.717) is 17.9 Å². The Morgan fingerprint density at radius 2 is 1.93 bits per heavy atom. The molecule has 27 heavy (non-hydrogen) atoms. The van der Waals surface area contributed by atoms with E-state index in [0.717, 1.165) is 4.57 Å². The van der Waals surface area contributed by atoms with Gasteiger partial charge in [0.1, 0.15) is 5.82 Å². The number of aromatic nitrogens is 4. The van der Waals surface area contributed by atoms with Crippen LogP contribution in [-0.4, -0.2) is 36.4 Å². The molecule has 0 radical (unpaired) electrons. The first kappa shape index (κ1) is 18.8. The second-order valence-electron chi connectivity index (χ2n) is 6.55. The monoisotopic (exact) mass is 375 g/mol. The standard InChI is InChI=1S/C18H22FN5O3/c1-11(8-9-25)20-17-21-15-14(16(26)23(3)18(27)22(15)2)24(17)10-12-6-4-5-7-13(12)19/h4-7,11,25H,8-10H2,1-3H3,(H,20,21). The van der Waals surface area contributed by atoms with E-state index >= 15 is 0 Å². The third-order valence-corrected chi connectivity index (χ3v) is 4.57. The van der Waals surface area contributed by atoms with Crippen LogP contribution in [0.4, 0.5) is 10.3 Å². The van der Waals surface area contributed by atoms with Crippen molar-refractivity contribution in [1.82, 2.24) is 18.7 Å². The van der Waals surface area contributed by atoms with Crippen molar-refractivity contribution in [1.29, 1.82) is 0 Å². The van der Waals surface area contributed by atoms with Crippen molar-refractivity contribution in [2.75, 3.05) is 11.9 Å². The van der Waals surface area contributed by atoms with Crippen molar-refractivity contribution in [3.63, 3.8) is 0 Å². The van der Waals surface area contributed by atoms with Gasteiger partial charge in [0.25, 0.3) is 5.56 Å². The SMILES string of the molecule is CC(CCO)Nc1nc2c(c(=O)n(C)c(=O)n2C)n1Cc1ccccc1F. The van der Waals surface area contributed by atoms with Crippen LogP contribution < -0.4 is 16.6 Å². The van der Waals surface area contributed by atoms with Crippen LogP contribution in [0.5, 0.6) is 0 Å². The largest absolute Gasteiger partial charge is 0.396 e. The summed E-state index contributed by atoms with van der Waals surface area (Å²) in [5.41, 5.74) is -0.164. The van der Waals surface area contributed by atoms with Gasteiger partial charge in [-0.25, -0.2) is 9.18 Å². The minimum absolute atomic E-state index is 0.0119. The highest BCUT2D eigenvalue weighted by molar-refractivity contribution is 5.74. The zero-order valence-corrected chi connectivity index (χ0v) is 15.4. The molecule has 0 aliphatic carbocycles. The van der Waals surface area contributed by atoms with Gasteiger partial charge >= 0.3 is 5.69 Å². The second kappa shape index (κ2) is 7.36. The Balaban J connectivity index is 2.25. The van der Waals surface area contributed by atoms with Gasteiger partial charge < -0.3 is 10.4 Å². The Morgan fingerprint density at radius 1 is 1.22 bits per heavy atom. The van der Waals surface area contributed by atoms with Gasteiger partial charge in [-0.05, 0) is 19.4 Å². The van der Waals surface area contributed by atoms with Crippen LogP contribution in [0, 0.1) is 5.82 Å². The summed E-state index contributed by atoms with van der Waals surface area (Å²) in [6.45, 7) is 1.92. The van der Waals surface area contributed by atoms with Crippen LogP contribution in [0.3, 0.4) is 0 Å². The number of rotatable bonds is 6. The zero-order valence-electron chi connectivity index (χ0n) is 15.4. The minimum atomic E-state index is -0.500. The highest BCUT2D eigenvalue weighted by Gasteiger charge is 2.21. The van der Waals surface area contributed by atoms with Crippen molar-refractivity contribution in [3.8, 4) is 0 Å². The molecule has 9 heteroatoms. The van der Waals surface area contributed by atoms with E-state index in [2.05, 4.69) is 10.3 Å². The maximum absolute atomic E-state index is 14.2. The average molecular weight is 375 g/mol. The summed E-state index contributed by atoms with van der Waals surface area (Å²) >= 11 is 0. The predicted molar refractivity (Wildman–Crippen MR) is 101 cm³/mol. The third-order valence-electron chi connectivity index (χ3n) is 4.57. The molecule has 0 spiro atoms. The molecule has 2 heterocycles. The number of anilines is 1. The number of fused-ring (bicyclic) bond motifs is 1. The van der Waals surface area contributed by atoms with Crippen LogP contribution in [0.1, 0.15) is 18.9 Å². The van der Waals surface area contributed by atoms with Crippen molar-refractivity contribution >= 4 is 17.1 Å². The molecule has 0 bridgehead atoms. The minimum Gasteiger partial charge on any atom is -0.396 e. The number of aliphatic hydroxyl groups excluding tert-OH is 1. The summed E-state index contributed by atoms with van der Waals surface area (Å²) < 4.78 is 18.1. The lowest BCUT2D eigenvalue weighted by atomic mass is 10.2. The highest BCUT2D eigenvalue weighted by atomic mass is 19.1. The Morgan fingerprint density at radius 3 is 2.59 bits per heavy atom. The topological polar surface area (TPSA) is 94.1 Å². The summed E-state index contributed by atoms with van der Waals surface area (Å²) in [5, 5.41) is 12.3. The average Bonchev–Trinajstić information content (AvgIpc) is 2.98. The molecule has 3 aromatic rings. The molecule has 0 amide bonds. The van der Waals surface area contributed by atoms with Crippen LogP contribution in [-0.2, 0) is 20.6 Å². The number of aliphatic hydroxyl groups is 1. The number of benzene rings is 1. The van der Waals surface area contributed by atoms with Crippen LogP contribution in [0.2, 0.25) is 0 Å². The van der Waals surface area contributed by atoms with E-state index in [-0.39, 0.29) is 30.4 Å². The molecule has 3 rings (SSSR count). The molecule has 1 aromatic carbocycles. The first-order chi connectivity index (χ1) is 12.8. The molecule has 0 aliphatic rings. The molecular weight excluding hydrogens is 353 g/mol. The number of nitrogens with zero attached hydrogens (tertiary/aromatic N) is 4. The molecule has 2 N–H and O–H groups in total. The van der Waals surface area contributed by atoms with Gasteiger partial charge in [0, 0.05) is 32.3 Å². The summed E-state index contributed by atoms with van der Waals surface area (Å²) in [6.07, 6.45) is 0.472. The van der Waals surface area contributed by atoms with Gasteiger partial charge in [-0.2, -0.15) is 4.98 Å². The Hall–Kier alpha value is -2.94. The van der Waals surface area contributed by atoms with Crippen molar-refractivity contribution in [2.45, 2.75) is 25.9 Å². The number of nitrogens with one attached hydrogen (secondary N) is 1. The second-order valence-corrected chi connectivity index (χ2v) is 6.55. The zero-order chi connectivity index (χ0) is 19.7.